The van der Waals surface area contributed by atoms with Crippen LogP contribution in [0.15, 0.2) is 0 Å². The minimum Gasteiger partial charge on any atom is -0.481 e. The Labute approximate surface area is 349 Å². The van der Waals surface area contributed by atoms with Gasteiger partial charge in [-0.15, -0.1) is 0 Å². The third-order valence-corrected chi connectivity index (χ3v) is 12.2. The lowest BCUT2D eigenvalue weighted by Crippen LogP contribution is -2.41. The summed E-state index contributed by atoms with van der Waals surface area (Å²) in [5, 5.41) is 8.52. The van der Waals surface area contributed by atoms with Crippen molar-refractivity contribution in [2.75, 3.05) is 27.2 Å². The summed E-state index contributed by atoms with van der Waals surface area (Å²) in [5.41, 5.74) is 0. The molecule has 3 heteroatoms. The van der Waals surface area contributed by atoms with Crippen molar-refractivity contribution in [3.05, 3.63) is 0 Å². The first kappa shape index (κ1) is 56.5. The highest BCUT2D eigenvalue weighted by Gasteiger charge is 2.13. The van der Waals surface area contributed by atoms with E-state index in [-0.39, 0.29) is 0 Å². The molecule has 0 aromatic carbocycles. The second kappa shape index (κ2) is 49.6. The summed E-state index contributed by atoms with van der Waals surface area (Å²) in [7, 11) is 4.93. The summed E-state index contributed by atoms with van der Waals surface area (Å²) < 4.78 is 1.25. The third kappa shape index (κ3) is 55.6. The van der Waals surface area contributed by atoms with Gasteiger partial charge in [-0.05, 0) is 32.1 Å². The number of nitrogens with zero attached hydrogens (tertiary/aromatic N) is 1. The Kier molecular flexibility index (Phi) is 51.0. The van der Waals surface area contributed by atoms with Gasteiger partial charge in [-0.1, -0.05) is 265 Å². The van der Waals surface area contributed by atoms with Crippen molar-refractivity contribution in [3.63, 3.8) is 0 Å². The largest absolute Gasteiger partial charge is 0.481 e. The van der Waals surface area contributed by atoms with Crippen LogP contribution >= 0.6 is 0 Å². The number of unbranched alkanes of at least 4 members (excludes halogenated alkanes) is 40. The molecule has 0 atom stereocenters. The molecule has 0 unspecified atom stereocenters. The number of hydrogen-bond donors (Lipinski definition) is 1. The number of carbonyl (C=O) groups is 1. The molecule has 0 spiro atoms. The van der Waals surface area contributed by atoms with E-state index in [9.17, 15) is 4.79 Å². The van der Waals surface area contributed by atoms with Crippen molar-refractivity contribution in [1.82, 2.24) is 0 Å². The highest BCUT2D eigenvalue weighted by molar-refractivity contribution is 5.66. The van der Waals surface area contributed by atoms with Crippen molar-refractivity contribution in [2.45, 2.75) is 303 Å². The van der Waals surface area contributed by atoms with Gasteiger partial charge in [0.15, 0.2) is 0 Å². The van der Waals surface area contributed by atoms with Crippen molar-refractivity contribution >= 4 is 5.97 Å². The molecule has 0 heterocycles. The van der Waals surface area contributed by atoms with E-state index >= 15 is 0 Å². The fourth-order valence-electron chi connectivity index (χ4n) is 8.23. The molecule has 3 nitrogen and oxygen atoms in total. The van der Waals surface area contributed by atoms with Crippen LogP contribution in [0, 0.1) is 0 Å². The molecule has 0 aliphatic heterocycles. The molecular weight excluding hydrogens is 671 g/mol. The van der Waals surface area contributed by atoms with Crippen LogP contribution in [0.2, 0.25) is 0 Å². The number of aliphatic carboxylic acids is 1. The Balaban J connectivity index is 0. The molecule has 0 aliphatic carbocycles. The molecule has 55 heavy (non-hydrogen) atoms. The van der Waals surface area contributed by atoms with Crippen LogP contribution < -0.4 is 0 Å². The van der Waals surface area contributed by atoms with E-state index in [0.717, 1.165) is 12.8 Å². The van der Waals surface area contributed by atoms with Gasteiger partial charge in [-0.2, -0.15) is 0 Å². The minimum atomic E-state index is -0.653. The van der Waals surface area contributed by atoms with Crippen molar-refractivity contribution in [3.8, 4) is 0 Å². The monoisotopic (exact) mass is 779 g/mol. The average Bonchev–Trinajstić information content (AvgIpc) is 3.16. The molecule has 0 rings (SSSR count). The highest BCUT2D eigenvalue weighted by atomic mass is 16.4. The van der Waals surface area contributed by atoms with Crippen molar-refractivity contribution < 1.29 is 14.4 Å². The predicted octanol–water partition coefficient (Wildman–Crippen LogP) is 18.4. The van der Waals surface area contributed by atoms with Gasteiger partial charge in [0.05, 0.1) is 27.2 Å². The summed E-state index contributed by atoms with van der Waals surface area (Å²) in [4.78, 5) is 10.3. The SMILES string of the molecule is CCCCCCCCCCCCCCCCCC(=O)O.CCCCCCCCCCCCCCCC[N+](C)(C)CCCCCCCCCCCCCCCC. The van der Waals surface area contributed by atoms with Gasteiger partial charge in [-0.25, -0.2) is 0 Å². The van der Waals surface area contributed by atoms with Crippen LogP contribution in [0.25, 0.3) is 0 Å². The maximum Gasteiger partial charge on any atom is 0.303 e. The summed E-state index contributed by atoms with van der Waals surface area (Å²) in [5.74, 6) is -0.653. The zero-order chi connectivity index (χ0) is 40.6. The molecule has 0 aromatic rings. The first-order valence-corrected chi connectivity index (χ1v) is 25.9. The van der Waals surface area contributed by atoms with E-state index in [1.54, 1.807) is 0 Å². The molecular formula is C52H108NO2+. The van der Waals surface area contributed by atoms with E-state index in [2.05, 4.69) is 34.9 Å². The van der Waals surface area contributed by atoms with Gasteiger partial charge in [0, 0.05) is 6.42 Å². The number of carboxylic acids is 1. The van der Waals surface area contributed by atoms with Crippen LogP contribution in [-0.4, -0.2) is 42.7 Å². The van der Waals surface area contributed by atoms with Crippen LogP contribution in [0.1, 0.15) is 303 Å². The maximum atomic E-state index is 10.3. The number of quaternary nitrogens is 1. The highest BCUT2D eigenvalue weighted by Crippen LogP contribution is 2.17. The van der Waals surface area contributed by atoms with Crippen LogP contribution in [0.5, 0.6) is 0 Å². The molecule has 0 amide bonds. The molecule has 332 valence electrons. The Hall–Kier alpha value is -0.570. The third-order valence-electron chi connectivity index (χ3n) is 12.2. The summed E-state index contributed by atoms with van der Waals surface area (Å²) in [6, 6.07) is 0. The van der Waals surface area contributed by atoms with Crippen LogP contribution in [0.4, 0.5) is 0 Å². The van der Waals surface area contributed by atoms with E-state index in [1.165, 1.54) is 281 Å². The van der Waals surface area contributed by atoms with Gasteiger partial charge in [0.25, 0.3) is 0 Å². The maximum absolute atomic E-state index is 10.3. The molecule has 0 saturated heterocycles. The van der Waals surface area contributed by atoms with Gasteiger partial charge >= 0.3 is 5.97 Å². The fraction of sp³-hybridized carbons (Fsp3) is 0.981. The normalized spacial score (nSPS) is 11.6. The first-order chi connectivity index (χ1) is 26.9. The lowest BCUT2D eigenvalue weighted by molar-refractivity contribution is -0.890. The van der Waals surface area contributed by atoms with E-state index < -0.39 is 5.97 Å². The molecule has 0 bridgehead atoms. The second-order valence-corrected chi connectivity index (χ2v) is 18.7. The van der Waals surface area contributed by atoms with Gasteiger partial charge in [-0.3, -0.25) is 4.79 Å². The lowest BCUT2D eigenvalue weighted by Gasteiger charge is -2.30. The van der Waals surface area contributed by atoms with Crippen molar-refractivity contribution in [1.29, 1.82) is 0 Å². The molecule has 0 aromatic heterocycles. The topological polar surface area (TPSA) is 37.3 Å². The van der Waals surface area contributed by atoms with E-state index in [1.807, 2.05) is 0 Å². The molecule has 0 aliphatic rings. The first-order valence-electron chi connectivity index (χ1n) is 25.9. The molecule has 0 radical (unpaired) electrons. The van der Waals surface area contributed by atoms with Crippen LogP contribution in [0.3, 0.4) is 0 Å². The quantitative estimate of drug-likeness (QED) is 0.0494. The number of hydrogen-bond acceptors (Lipinski definition) is 1. The zero-order valence-electron chi connectivity index (χ0n) is 39.3. The summed E-state index contributed by atoms with van der Waals surface area (Å²) in [6.45, 7) is 9.65. The molecule has 0 fully saturated rings. The fourth-order valence-corrected chi connectivity index (χ4v) is 8.23. The Morgan fingerprint density at radius 3 is 0.636 bits per heavy atom. The Morgan fingerprint density at radius 1 is 0.291 bits per heavy atom. The number of carboxylic acid groups (broad SMARTS) is 1. The van der Waals surface area contributed by atoms with Gasteiger partial charge in [0.2, 0.25) is 0 Å². The standard InChI is InChI=1S/C34H72N.C18H36O2/c1-5-7-9-11-13-15-17-19-21-23-25-27-29-31-33-35(3,4)34-32-30-28-26-24-22-20-18-16-14-12-10-8-6-2;1-2-3-4-5-6-7-8-9-10-11-12-13-14-15-16-17-18(19)20/h5-34H2,1-4H3;2-17H2,1H3,(H,19,20)/q+1;. The molecule has 0 saturated carbocycles. The van der Waals surface area contributed by atoms with Crippen molar-refractivity contribution in [2.24, 2.45) is 0 Å². The molecule has 1 N–H and O–H groups in total. The van der Waals surface area contributed by atoms with E-state index in [4.69, 9.17) is 5.11 Å². The van der Waals surface area contributed by atoms with Gasteiger partial charge in [0.1, 0.15) is 0 Å². The zero-order valence-corrected chi connectivity index (χ0v) is 39.3. The Morgan fingerprint density at radius 2 is 0.455 bits per heavy atom. The number of rotatable bonds is 46. The summed E-state index contributed by atoms with van der Waals surface area (Å²) >= 11 is 0. The van der Waals surface area contributed by atoms with Crippen LogP contribution in [-0.2, 0) is 4.79 Å². The second-order valence-electron chi connectivity index (χ2n) is 18.7. The predicted molar refractivity (Wildman–Crippen MR) is 250 cm³/mol. The smallest absolute Gasteiger partial charge is 0.303 e. The van der Waals surface area contributed by atoms with Gasteiger partial charge < -0.3 is 9.59 Å². The Bertz CT molecular complexity index is 657. The van der Waals surface area contributed by atoms with E-state index in [0.29, 0.717) is 6.42 Å². The minimum absolute atomic E-state index is 0.345. The average molecular weight is 779 g/mol. The summed E-state index contributed by atoms with van der Waals surface area (Å²) in [6.07, 6.45) is 61.1. The lowest BCUT2D eigenvalue weighted by atomic mass is 10.0.